The summed E-state index contributed by atoms with van der Waals surface area (Å²) in [5.41, 5.74) is 7.54. The van der Waals surface area contributed by atoms with E-state index >= 15 is 0 Å². The average molecular weight is 207 g/mol. The third kappa shape index (κ3) is 2.52. The van der Waals surface area contributed by atoms with E-state index in [2.05, 4.69) is 30.3 Å². The highest BCUT2D eigenvalue weighted by Crippen LogP contribution is 2.24. The topological polar surface area (TPSA) is 26.0 Å². The minimum atomic E-state index is 0.413. The van der Waals surface area contributed by atoms with Gasteiger partial charge in [0.25, 0.3) is 0 Å². The van der Waals surface area contributed by atoms with Gasteiger partial charge in [0.15, 0.2) is 0 Å². The van der Waals surface area contributed by atoms with Gasteiger partial charge in [0, 0.05) is 6.04 Å². The van der Waals surface area contributed by atoms with E-state index in [1.165, 1.54) is 23.5 Å². The maximum atomic E-state index is 6.11. The van der Waals surface area contributed by atoms with Crippen LogP contribution in [0.4, 0.5) is 0 Å². The van der Waals surface area contributed by atoms with Crippen molar-refractivity contribution in [1.29, 1.82) is 0 Å². The number of rotatable bonds is 2. The average Bonchev–Trinajstić information content (AvgIpc) is 2.23. The van der Waals surface area contributed by atoms with Gasteiger partial charge in [-0.05, 0) is 35.8 Å². The third-order valence-corrected chi connectivity index (χ3v) is 4.06. The molecule has 1 heterocycles. The molecule has 76 valence electrons. The normalized spacial score (nSPS) is 27.5. The zero-order valence-corrected chi connectivity index (χ0v) is 9.17. The Morgan fingerprint density at radius 3 is 2.79 bits per heavy atom. The molecule has 1 nitrogen and oxygen atoms in total. The molecule has 0 aliphatic carbocycles. The van der Waals surface area contributed by atoms with Crippen LogP contribution in [-0.4, -0.2) is 17.5 Å². The highest BCUT2D eigenvalue weighted by Gasteiger charge is 2.21. The Hall–Kier alpha value is -0.470. The lowest BCUT2D eigenvalue weighted by atomic mass is 9.92. The molecule has 2 rings (SSSR count). The first-order chi connectivity index (χ1) is 6.86. The van der Waals surface area contributed by atoms with Gasteiger partial charge < -0.3 is 5.73 Å². The fraction of sp³-hybridized carbons (Fsp3) is 0.500. The molecule has 2 heteroatoms. The van der Waals surface area contributed by atoms with Crippen LogP contribution < -0.4 is 5.73 Å². The van der Waals surface area contributed by atoms with Crippen molar-refractivity contribution in [2.45, 2.75) is 18.9 Å². The molecular weight excluding hydrogens is 190 g/mol. The van der Waals surface area contributed by atoms with Crippen LogP contribution in [0.3, 0.4) is 0 Å². The summed E-state index contributed by atoms with van der Waals surface area (Å²) in [6, 6.07) is 11.1. The second-order valence-electron chi connectivity index (χ2n) is 3.98. The Kier molecular flexibility index (Phi) is 3.49. The zero-order chi connectivity index (χ0) is 9.80. The summed E-state index contributed by atoms with van der Waals surface area (Å²) in [4.78, 5) is 0. The van der Waals surface area contributed by atoms with E-state index in [1.54, 1.807) is 0 Å². The Balaban J connectivity index is 1.96. The van der Waals surface area contributed by atoms with Gasteiger partial charge in [0.2, 0.25) is 0 Å². The van der Waals surface area contributed by atoms with E-state index in [0.29, 0.717) is 12.0 Å². The lowest BCUT2D eigenvalue weighted by molar-refractivity contribution is 0.441. The molecule has 0 radical (unpaired) electrons. The monoisotopic (exact) mass is 207 g/mol. The van der Waals surface area contributed by atoms with Gasteiger partial charge in [-0.2, -0.15) is 11.8 Å². The molecule has 2 atom stereocenters. The molecule has 1 aromatic carbocycles. The fourth-order valence-corrected chi connectivity index (χ4v) is 3.21. The molecule has 0 saturated carbocycles. The summed E-state index contributed by atoms with van der Waals surface area (Å²) in [5, 5.41) is 0. The van der Waals surface area contributed by atoms with Gasteiger partial charge in [-0.25, -0.2) is 0 Å². The van der Waals surface area contributed by atoms with Crippen LogP contribution in [0.2, 0.25) is 0 Å². The SMILES string of the molecule is NC1CCSCC1Cc1ccccc1. The first-order valence-electron chi connectivity index (χ1n) is 5.23. The molecule has 0 spiro atoms. The summed E-state index contributed by atoms with van der Waals surface area (Å²) in [5.74, 6) is 3.15. The van der Waals surface area contributed by atoms with E-state index in [-0.39, 0.29) is 0 Å². The van der Waals surface area contributed by atoms with Gasteiger partial charge in [0.05, 0.1) is 0 Å². The summed E-state index contributed by atoms with van der Waals surface area (Å²) >= 11 is 2.05. The summed E-state index contributed by atoms with van der Waals surface area (Å²) in [7, 11) is 0. The van der Waals surface area contributed by atoms with Crippen molar-refractivity contribution in [3.63, 3.8) is 0 Å². The van der Waals surface area contributed by atoms with Crippen LogP contribution in [0.5, 0.6) is 0 Å². The fourth-order valence-electron chi connectivity index (χ4n) is 1.94. The van der Waals surface area contributed by atoms with E-state index in [1.807, 2.05) is 11.8 Å². The molecule has 2 unspecified atom stereocenters. The van der Waals surface area contributed by atoms with Crippen molar-refractivity contribution in [2.24, 2.45) is 11.7 Å². The van der Waals surface area contributed by atoms with E-state index in [0.717, 1.165) is 6.42 Å². The largest absolute Gasteiger partial charge is 0.327 e. The van der Waals surface area contributed by atoms with Gasteiger partial charge >= 0.3 is 0 Å². The smallest absolute Gasteiger partial charge is 0.00860 e. The molecule has 0 aromatic heterocycles. The molecule has 1 saturated heterocycles. The number of nitrogens with two attached hydrogens (primary N) is 1. The van der Waals surface area contributed by atoms with Crippen molar-refractivity contribution in [1.82, 2.24) is 0 Å². The number of hydrogen-bond acceptors (Lipinski definition) is 2. The molecule has 2 N–H and O–H groups in total. The van der Waals surface area contributed by atoms with Crippen molar-refractivity contribution < 1.29 is 0 Å². The highest BCUT2D eigenvalue weighted by atomic mass is 32.2. The molecule has 0 bridgehead atoms. The highest BCUT2D eigenvalue weighted by molar-refractivity contribution is 7.99. The molecule has 1 aromatic rings. The first-order valence-corrected chi connectivity index (χ1v) is 6.39. The number of hydrogen-bond donors (Lipinski definition) is 1. The van der Waals surface area contributed by atoms with Crippen LogP contribution in [0, 0.1) is 5.92 Å². The maximum absolute atomic E-state index is 6.11. The Morgan fingerprint density at radius 1 is 1.29 bits per heavy atom. The van der Waals surface area contributed by atoms with Crippen molar-refractivity contribution in [3.05, 3.63) is 35.9 Å². The minimum Gasteiger partial charge on any atom is -0.327 e. The maximum Gasteiger partial charge on any atom is 0.00860 e. The third-order valence-electron chi connectivity index (χ3n) is 2.87. The van der Waals surface area contributed by atoms with E-state index in [4.69, 9.17) is 5.73 Å². The van der Waals surface area contributed by atoms with E-state index < -0.39 is 0 Å². The Bertz CT molecular complexity index is 273. The number of benzene rings is 1. The standard InChI is InChI=1S/C12H17NS/c13-12-6-7-14-9-11(12)8-10-4-2-1-3-5-10/h1-5,11-12H,6-9,13H2. The van der Waals surface area contributed by atoms with Gasteiger partial charge in [-0.15, -0.1) is 0 Å². The molecular formula is C12H17NS. The van der Waals surface area contributed by atoms with Crippen LogP contribution in [0.25, 0.3) is 0 Å². The Morgan fingerprint density at radius 2 is 2.07 bits per heavy atom. The van der Waals surface area contributed by atoms with Gasteiger partial charge in [-0.1, -0.05) is 30.3 Å². The second-order valence-corrected chi connectivity index (χ2v) is 5.13. The minimum absolute atomic E-state index is 0.413. The quantitative estimate of drug-likeness (QED) is 0.805. The second kappa shape index (κ2) is 4.85. The van der Waals surface area contributed by atoms with Crippen LogP contribution in [0.1, 0.15) is 12.0 Å². The Labute approximate surface area is 90.1 Å². The van der Waals surface area contributed by atoms with Crippen LogP contribution in [0.15, 0.2) is 30.3 Å². The van der Waals surface area contributed by atoms with Crippen LogP contribution >= 0.6 is 11.8 Å². The molecule has 1 aliphatic rings. The van der Waals surface area contributed by atoms with E-state index in [9.17, 15) is 0 Å². The van der Waals surface area contributed by atoms with Gasteiger partial charge in [-0.3, -0.25) is 0 Å². The summed E-state index contributed by atoms with van der Waals surface area (Å²) in [6.45, 7) is 0. The molecule has 1 aliphatic heterocycles. The summed E-state index contributed by atoms with van der Waals surface area (Å²) < 4.78 is 0. The van der Waals surface area contributed by atoms with Crippen molar-refractivity contribution in [3.8, 4) is 0 Å². The van der Waals surface area contributed by atoms with Crippen molar-refractivity contribution in [2.75, 3.05) is 11.5 Å². The lowest BCUT2D eigenvalue weighted by Crippen LogP contribution is -2.36. The number of thioether (sulfide) groups is 1. The first kappa shape index (κ1) is 10.1. The van der Waals surface area contributed by atoms with Crippen LogP contribution in [-0.2, 0) is 6.42 Å². The molecule has 0 amide bonds. The molecule has 1 fully saturated rings. The predicted molar refractivity (Wildman–Crippen MR) is 63.6 cm³/mol. The lowest BCUT2D eigenvalue weighted by Gasteiger charge is -2.28. The molecule has 14 heavy (non-hydrogen) atoms. The summed E-state index contributed by atoms with van der Waals surface area (Å²) in [6.07, 6.45) is 2.33. The predicted octanol–water partition coefficient (Wildman–Crippen LogP) is 2.31. The van der Waals surface area contributed by atoms with Gasteiger partial charge in [0.1, 0.15) is 0 Å². The van der Waals surface area contributed by atoms with Crippen molar-refractivity contribution >= 4 is 11.8 Å². The zero-order valence-electron chi connectivity index (χ0n) is 8.36.